The molecule has 1 aromatic carbocycles. The molecule has 4 nitrogen and oxygen atoms in total. The van der Waals surface area contributed by atoms with E-state index in [-0.39, 0.29) is 0 Å². The van der Waals surface area contributed by atoms with Crippen molar-refractivity contribution in [2.24, 2.45) is 0 Å². The van der Waals surface area contributed by atoms with Crippen LogP contribution in [0.1, 0.15) is 11.6 Å². The molecule has 0 aliphatic heterocycles. The number of carboxylic acids is 1. The zero-order valence-corrected chi connectivity index (χ0v) is 6.81. The van der Waals surface area contributed by atoms with E-state index in [4.69, 9.17) is 5.11 Å². The fraction of sp³-hybridized carbons (Fsp3) is 0.111. The average Bonchev–Trinajstić information content (AvgIpc) is 2.15. The molecule has 0 aromatic heterocycles. The number of hydrogen-bond donors (Lipinski definition) is 2. The molecule has 0 bridgehead atoms. The number of rotatable bonds is 4. The maximum absolute atomic E-state index is 10.7. The molecule has 0 radical (unpaired) electrons. The zero-order valence-electron chi connectivity index (χ0n) is 6.81. The second kappa shape index (κ2) is 4.25. The van der Waals surface area contributed by atoms with E-state index in [2.05, 4.69) is 5.32 Å². The quantitative estimate of drug-likeness (QED) is 0.663. The molecule has 1 atom stereocenters. The molecule has 0 saturated carbocycles. The molecule has 0 aliphatic rings. The second-order valence-electron chi connectivity index (χ2n) is 2.47. The molecule has 0 heterocycles. The van der Waals surface area contributed by atoms with Gasteiger partial charge < -0.3 is 10.4 Å². The van der Waals surface area contributed by atoms with Crippen LogP contribution in [0.3, 0.4) is 0 Å². The van der Waals surface area contributed by atoms with Gasteiger partial charge in [-0.1, -0.05) is 30.3 Å². The fourth-order valence-corrected chi connectivity index (χ4v) is 1.02. The molecule has 1 aromatic rings. The van der Waals surface area contributed by atoms with Crippen LogP contribution in [0.4, 0.5) is 0 Å². The van der Waals surface area contributed by atoms with Gasteiger partial charge in [-0.3, -0.25) is 4.79 Å². The number of carboxylic acid groups (broad SMARTS) is 1. The Morgan fingerprint density at radius 2 is 2.00 bits per heavy atom. The first-order chi connectivity index (χ1) is 6.25. The zero-order chi connectivity index (χ0) is 9.68. The lowest BCUT2D eigenvalue weighted by atomic mass is 10.1. The van der Waals surface area contributed by atoms with E-state index in [0.717, 1.165) is 0 Å². The molecule has 1 amide bonds. The SMILES string of the molecule is O=CN[C@H](C(=O)O)c1ccccc1. The summed E-state index contributed by atoms with van der Waals surface area (Å²) in [6.07, 6.45) is 0.381. The lowest BCUT2D eigenvalue weighted by molar-refractivity contribution is -0.140. The molecule has 4 heteroatoms. The highest BCUT2D eigenvalue weighted by molar-refractivity contribution is 5.78. The molecule has 0 saturated heterocycles. The van der Waals surface area contributed by atoms with E-state index in [1.165, 1.54) is 0 Å². The first-order valence-corrected chi connectivity index (χ1v) is 3.73. The second-order valence-corrected chi connectivity index (χ2v) is 2.47. The van der Waals surface area contributed by atoms with Gasteiger partial charge in [0.05, 0.1) is 0 Å². The van der Waals surface area contributed by atoms with Crippen molar-refractivity contribution in [3.05, 3.63) is 35.9 Å². The van der Waals surface area contributed by atoms with Crippen molar-refractivity contribution in [1.29, 1.82) is 0 Å². The summed E-state index contributed by atoms with van der Waals surface area (Å²) in [5.74, 6) is -1.07. The minimum Gasteiger partial charge on any atom is -0.479 e. The number of benzene rings is 1. The van der Waals surface area contributed by atoms with Gasteiger partial charge in [-0.25, -0.2) is 4.79 Å². The van der Waals surface area contributed by atoms with Crippen molar-refractivity contribution in [3.63, 3.8) is 0 Å². The molecule has 0 spiro atoms. The largest absolute Gasteiger partial charge is 0.479 e. The van der Waals surface area contributed by atoms with Crippen LogP contribution in [0.5, 0.6) is 0 Å². The van der Waals surface area contributed by atoms with E-state index in [0.29, 0.717) is 12.0 Å². The van der Waals surface area contributed by atoms with Crippen LogP contribution in [0.2, 0.25) is 0 Å². The summed E-state index contributed by atoms with van der Waals surface area (Å²) in [5.41, 5.74) is 0.558. The maximum Gasteiger partial charge on any atom is 0.330 e. The summed E-state index contributed by atoms with van der Waals surface area (Å²) in [6, 6.07) is 7.56. The average molecular weight is 179 g/mol. The van der Waals surface area contributed by atoms with Gasteiger partial charge in [0.15, 0.2) is 6.04 Å². The Kier molecular flexibility index (Phi) is 3.03. The van der Waals surface area contributed by atoms with E-state index in [1.807, 2.05) is 0 Å². The molecule has 0 fully saturated rings. The topological polar surface area (TPSA) is 66.4 Å². The highest BCUT2D eigenvalue weighted by atomic mass is 16.4. The summed E-state index contributed by atoms with van der Waals surface area (Å²) >= 11 is 0. The highest BCUT2D eigenvalue weighted by Crippen LogP contribution is 2.11. The van der Waals surface area contributed by atoms with E-state index >= 15 is 0 Å². The summed E-state index contributed by atoms with van der Waals surface area (Å²) in [6.45, 7) is 0. The van der Waals surface area contributed by atoms with Gasteiger partial charge in [0, 0.05) is 0 Å². The van der Waals surface area contributed by atoms with Crippen LogP contribution in [0.25, 0.3) is 0 Å². The van der Waals surface area contributed by atoms with E-state index in [1.54, 1.807) is 30.3 Å². The molecule has 0 aliphatic carbocycles. The first kappa shape index (κ1) is 9.25. The van der Waals surface area contributed by atoms with Gasteiger partial charge in [-0.05, 0) is 5.56 Å². The number of carbonyl (C=O) groups is 2. The van der Waals surface area contributed by atoms with Crippen LogP contribution >= 0.6 is 0 Å². The predicted molar refractivity (Wildman–Crippen MR) is 46.0 cm³/mol. The van der Waals surface area contributed by atoms with Crippen molar-refractivity contribution < 1.29 is 14.7 Å². The summed E-state index contributed by atoms with van der Waals surface area (Å²) in [7, 11) is 0. The molecular weight excluding hydrogens is 170 g/mol. The number of hydrogen-bond acceptors (Lipinski definition) is 2. The molecule has 0 unspecified atom stereocenters. The molecule has 2 N–H and O–H groups in total. The lowest BCUT2D eigenvalue weighted by Gasteiger charge is -2.10. The van der Waals surface area contributed by atoms with Crippen LogP contribution < -0.4 is 5.32 Å². The number of nitrogens with one attached hydrogen (secondary N) is 1. The van der Waals surface area contributed by atoms with Crippen molar-refractivity contribution in [2.75, 3.05) is 0 Å². The van der Waals surface area contributed by atoms with Gasteiger partial charge in [0.25, 0.3) is 0 Å². The third kappa shape index (κ3) is 2.30. The standard InChI is InChI=1S/C9H9NO3/c11-6-10-8(9(12)13)7-4-2-1-3-5-7/h1-6,8H,(H,10,11)(H,12,13)/t8-/m0/s1. The Balaban J connectivity index is 2.88. The van der Waals surface area contributed by atoms with Gasteiger partial charge in [0.2, 0.25) is 6.41 Å². The van der Waals surface area contributed by atoms with Crippen LogP contribution in [0, 0.1) is 0 Å². The van der Waals surface area contributed by atoms with Crippen LogP contribution in [-0.2, 0) is 9.59 Å². The number of carbonyl (C=O) groups excluding carboxylic acids is 1. The number of aliphatic carboxylic acids is 1. The van der Waals surface area contributed by atoms with Gasteiger partial charge >= 0.3 is 5.97 Å². The fourth-order valence-electron chi connectivity index (χ4n) is 1.02. The predicted octanol–water partition coefficient (Wildman–Crippen LogP) is 0.558. The van der Waals surface area contributed by atoms with Crippen LogP contribution in [0.15, 0.2) is 30.3 Å². The molecule has 1 rings (SSSR count). The minimum absolute atomic E-state index is 0.381. The Hall–Kier alpha value is -1.84. The summed E-state index contributed by atoms with van der Waals surface area (Å²) < 4.78 is 0. The first-order valence-electron chi connectivity index (χ1n) is 3.73. The van der Waals surface area contributed by atoms with Gasteiger partial charge in [-0.2, -0.15) is 0 Å². The highest BCUT2D eigenvalue weighted by Gasteiger charge is 2.17. The van der Waals surface area contributed by atoms with Crippen molar-refractivity contribution in [3.8, 4) is 0 Å². The van der Waals surface area contributed by atoms with E-state index < -0.39 is 12.0 Å². The third-order valence-electron chi connectivity index (χ3n) is 1.61. The van der Waals surface area contributed by atoms with Gasteiger partial charge in [0.1, 0.15) is 0 Å². The van der Waals surface area contributed by atoms with Gasteiger partial charge in [-0.15, -0.1) is 0 Å². The lowest BCUT2D eigenvalue weighted by Crippen LogP contribution is -2.27. The molecule has 68 valence electrons. The smallest absolute Gasteiger partial charge is 0.330 e. The molecule has 13 heavy (non-hydrogen) atoms. The van der Waals surface area contributed by atoms with Crippen molar-refractivity contribution >= 4 is 12.4 Å². The number of amides is 1. The Labute approximate surface area is 75.2 Å². The van der Waals surface area contributed by atoms with Crippen molar-refractivity contribution in [2.45, 2.75) is 6.04 Å². The van der Waals surface area contributed by atoms with E-state index in [9.17, 15) is 9.59 Å². The summed E-state index contributed by atoms with van der Waals surface area (Å²) in [4.78, 5) is 20.8. The Bertz CT molecular complexity index is 297. The normalized spacial score (nSPS) is 11.7. The monoisotopic (exact) mass is 179 g/mol. The Morgan fingerprint density at radius 3 is 2.46 bits per heavy atom. The van der Waals surface area contributed by atoms with Crippen LogP contribution in [-0.4, -0.2) is 17.5 Å². The summed E-state index contributed by atoms with van der Waals surface area (Å²) in [5, 5.41) is 11.0. The molecular formula is C9H9NO3. The maximum atomic E-state index is 10.7. The minimum atomic E-state index is -1.07. The third-order valence-corrected chi connectivity index (χ3v) is 1.61. The van der Waals surface area contributed by atoms with Crippen molar-refractivity contribution in [1.82, 2.24) is 5.32 Å². The Morgan fingerprint density at radius 1 is 1.38 bits per heavy atom.